The van der Waals surface area contributed by atoms with Crippen molar-refractivity contribution in [1.82, 2.24) is 5.32 Å². The van der Waals surface area contributed by atoms with Crippen LogP contribution >= 0.6 is 11.8 Å². The highest BCUT2D eigenvalue weighted by Crippen LogP contribution is 2.27. The Hall–Kier alpha value is -0.220. The lowest BCUT2D eigenvalue weighted by atomic mass is 10.0. The number of aliphatic imine (C=N–C) groups is 1. The van der Waals surface area contributed by atoms with Crippen LogP contribution in [0.4, 0.5) is 0 Å². The lowest BCUT2D eigenvalue weighted by Crippen LogP contribution is -2.46. The highest BCUT2D eigenvalue weighted by atomic mass is 32.2. The van der Waals surface area contributed by atoms with E-state index in [2.05, 4.69) is 19.2 Å². The van der Waals surface area contributed by atoms with Crippen LogP contribution in [0.15, 0.2) is 4.99 Å². The van der Waals surface area contributed by atoms with Crippen molar-refractivity contribution >= 4 is 16.9 Å². The summed E-state index contributed by atoms with van der Waals surface area (Å²) in [6.45, 7) is 4.49. The molecule has 16 heavy (non-hydrogen) atoms. The van der Waals surface area contributed by atoms with Gasteiger partial charge in [-0.05, 0) is 39.5 Å². The van der Waals surface area contributed by atoms with Crippen molar-refractivity contribution in [3.63, 3.8) is 0 Å². The van der Waals surface area contributed by atoms with Gasteiger partial charge < -0.3 is 10.1 Å². The molecule has 4 heteroatoms. The first-order chi connectivity index (χ1) is 7.59. The highest BCUT2D eigenvalue weighted by molar-refractivity contribution is 8.13. The van der Waals surface area contributed by atoms with Gasteiger partial charge in [0.25, 0.3) is 0 Å². The van der Waals surface area contributed by atoms with Gasteiger partial charge in [-0.25, -0.2) is 0 Å². The van der Waals surface area contributed by atoms with E-state index in [1.165, 1.54) is 18.6 Å². The molecule has 0 aromatic rings. The maximum absolute atomic E-state index is 5.38. The minimum atomic E-state index is 0.212. The molecule has 92 valence electrons. The molecule has 1 saturated carbocycles. The van der Waals surface area contributed by atoms with Crippen LogP contribution < -0.4 is 5.32 Å². The minimum Gasteiger partial charge on any atom is -0.381 e. The lowest BCUT2D eigenvalue weighted by molar-refractivity contribution is 0.108. The van der Waals surface area contributed by atoms with Crippen LogP contribution in [0.5, 0.6) is 0 Å². The number of rotatable bonds is 2. The number of thioether (sulfide) groups is 1. The van der Waals surface area contributed by atoms with Crippen LogP contribution in [0, 0.1) is 0 Å². The largest absolute Gasteiger partial charge is 0.381 e. The van der Waals surface area contributed by atoms with Crippen LogP contribution in [0.1, 0.15) is 39.5 Å². The van der Waals surface area contributed by atoms with E-state index in [9.17, 15) is 0 Å². The number of hydrogen-bond donors (Lipinski definition) is 1. The Labute approximate surface area is 102 Å². The number of ether oxygens (including phenoxy) is 1. The summed E-state index contributed by atoms with van der Waals surface area (Å²) in [6.07, 6.45) is 5.05. The van der Waals surface area contributed by atoms with Gasteiger partial charge in [0.2, 0.25) is 0 Å². The van der Waals surface area contributed by atoms with E-state index in [4.69, 9.17) is 9.73 Å². The summed E-state index contributed by atoms with van der Waals surface area (Å²) in [4.78, 5) is 4.82. The molecule has 1 aliphatic heterocycles. The standard InChI is InChI=1S/C12H22N2OS/c1-12(2)6-7-16-11(14-12)13-9-4-5-10(8-9)15-3/h9-10H,4-8H2,1-3H3,(H,13,14). The summed E-state index contributed by atoms with van der Waals surface area (Å²) in [7, 11) is 1.80. The Morgan fingerprint density at radius 2 is 2.25 bits per heavy atom. The van der Waals surface area contributed by atoms with Crippen LogP contribution in [0.2, 0.25) is 0 Å². The molecule has 0 amide bonds. The number of methoxy groups -OCH3 is 1. The van der Waals surface area contributed by atoms with Gasteiger partial charge in [-0.15, -0.1) is 0 Å². The molecule has 2 unspecified atom stereocenters. The fraction of sp³-hybridized carbons (Fsp3) is 0.917. The summed E-state index contributed by atoms with van der Waals surface area (Å²) in [5.74, 6) is 1.18. The average Bonchev–Trinajstić information content (AvgIpc) is 2.64. The molecule has 1 saturated heterocycles. The van der Waals surface area contributed by atoms with Crippen molar-refractivity contribution in [2.45, 2.75) is 57.2 Å². The van der Waals surface area contributed by atoms with E-state index >= 15 is 0 Å². The average molecular weight is 242 g/mol. The lowest BCUT2D eigenvalue weighted by Gasteiger charge is -2.32. The normalized spacial score (nSPS) is 36.3. The number of hydrogen-bond acceptors (Lipinski definition) is 3. The molecule has 1 aliphatic carbocycles. The van der Waals surface area contributed by atoms with Crippen molar-refractivity contribution in [3.05, 3.63) is 0 Å². The van der Waals surface area contributed by atoms with E-state index in [1.54, 1.807) is 7.11 Å². The third-order valence-electron chi connectivity index (χ3n) is 3.40. The summed E-state index contributed by atoms with van der Waals surface area (Å²) in [6, 6.07) is 0.467. The Bertz CT molecular complexity index is 278. The highest BCUT2D eigenvalue weighted by Gasteiger charge is 2.28. The maximum atomic E-state index is 5.38. The second-order valence-electron chi connectivity index (χ2n) is 5.37. The van der Waals surface area contributed by atoms with Crippen molar-refractivity contribution in [3.8, 4) is 0 Å². The number of amidine groups is 1. The van der Waals surface area contributed by atoms with E-state index < -0.39 is 0 Å². The molecule has 3 nitrogen and oxygen atoms in total. The van der Waals surface area contributed by atoms with Gasteiger partial charge in [-0.2, -0.15) is 0 Å². The minimum absolute atomic E-state index is 0.212. The predicted molar refractivity (Wildman–Crippen MR) is 70.2 cm³/mol. The smallest absolute Gasteiger partial charge is 0.157 e. The number of nitrogens with one attached hydrogen (secondary N) is 1. The van der Waals surface area contributed by atoms with E-state index in [1.807, 2.05) is 11.8 Å². The first kappa shape index (κ1) is 12.2. The van der Waals surface area contributed by atoms with Crippen LogP contribution in [0.3, 0.4) is 0 Å². The van der Waals surface area contributed by atoms with Crippen molar-refractivity contribution in [2.75, 3.05) is 12.9 Å². The van der Waals surface area contributed by atoms with E-state index in [-0.39, 0.29) is 5.54 Å². The molecule has 0 aromatic carbocycles. The fourth-order valence-corrected chi connectivity index (χ4v) is 3.65. The molecule has 2 fully saturated rings. The van der Waals surface area contributed by atoms with Gasteiger partial charge in [0, 0.05) is 18.4 Å². The zero-order chi connectivity index (χ0) is 11.6. The van der Waals surface area contributed by atoms with Gasteiger partial charge in [0.15, 0.2) is 5.17 Å². The summed E-state index contributed by atoms with van der Waals surface area (Å²) in [5, 5.41) is 4.66. The van der Waals surface area contributed by atoms with Gasteiger partial charge in [0.1, 0.15) is 0 Å². The molecule has 1 N–H and O–H groups in total. The summed E-state index contributed by atoms with van der Waals surface area (Å²) < 4.78 is 5.38. The molecule has 0 bridgehead atoms. The van der Waals surface area contributed by atoms with E-state index in [0.29, 0.717) is 12.1 Å². The van der Waals surface area contributed by atoms with Crippen LogP contribution in [-0.4, -0.2) is 35.7 Å². The number of nitrogens with zero attached hydrogens (tertiary/aromatic N) is 1. The molecule has 2 aliphatic rings. The zero-order valence-corrected chi connectivity index (χ0v) is 11.3. The predicted octanol–water partition coefficient (Wildman–Crippen LogP) is 2.42. The zero-order valence-electron chi connectivity index (χ0n) is 10.5. The third-order valence-corrected chi connectivity index (χ3v) is 4.29. The summed E-state index contributed by atoms with van der Waals surface area (Å²) in [5.41, 5.74) is 0.212. The van der Waals surface area contributed by atoms with Crippen molar-refractivity contribution in [2.24, 2.45) is 4.99 Å². The molecule has 0 radical (unpaired) electrons. The SMILES string of the molecule is COC1CCC(N=C2NC(C)(C)CCS2)C1. The van der Waals surface area contributed by atoms with Crippen molar-refractivity contribution in [1.29, 1.82) is 0 Å². The quantitative estimate of drug-likeness (QED) is 0.807. The molecular formula is C12H22N2OS. The van der Waals surface area contributed by atoms with Gasteiger partial charge in [-0.3, -0.25) is 4.99 Å². The Morgan fingerprint density at radius 1 is 1.44 bits per heavy atom. The van der Waals surface area contributed by atoms with Gasteiger partial charge >= 0.3 is 0 Å². The molecule has 2 rings (SSSR count). The molecular weight excluding hydrogens is 220 g/mol. The Morgan fingerprint density at radius 3 is 2.88 bits per heavy atom. The fourth-order valence-electron chi connectivity index (χ4n) is 2.28. The molecule has 1 heterocycles. The summed E-state index contributed by atoms with van der Waals surface area (Å²) >= 11 is 1.86. The first-order valence-corrected chi connectivity index (χ1v) is 7.09. The van der Waals surface area contributed by atoms with Crippen LogP contribution in [-0.2, 0) is 4.74 Å². The molecule has 2 atom stereocenters. The van der Waals surface area contributed by atoms with Crippen molar-refractivity contribution < 1.29 is 4.74 Å². The van der Waals surface area contributed by atoms with Gasteiger partial charge in [-0.1, -0.05) is 11.8 Å². The second-order valence-corrected chi connectivity index (χ2v) is 6.45. The van der Waals surface area contributed by atoms with Gasteiger partial charge in [0.05, 0.1) is 12.1 Å². The topological polar surface area (TPSA) is 33.6 Å². The van der Waals surface area contributed by atoms with Crippen LogP contribution in [0.25, 0.3) is 0 Å². The molecule has 0 spiro atoms. The first-order valence-electron chi connectivity index (χ1n) is 6.11. The second kappa shape index (κ2) is 4.96. The van der Waals surface area contributed by atoms with E-state index in [0.717, 1.165) is 18.0 Å². The maximum Gasteiger partial charge on any atom is 0.157 e. The molecule has 0 aromatic heterocycles. The Balaban J connectivity index is 1.92. The monoisotopic (exact) mass is 242 g/mol. The third kappa shape index (κ3) is 3.14. The Kier molecular flexibility index (Phi) is 3.80.